The Morgan fingerprint density at radius 1 is 0.923 bits per heavy atom. The molecule has 0 fully saturated rings. The highest BCUT2D eigenvalue weighted by Gasteiger charge is 2.17. The molecule has 0 aliphatic heterocycles. The van der Waals surface area contributed by atoms with Crippen LogP contribution in [0.4, 0.5) is 5.69 Å². The van der Waals surface area contributed by atoms with Gasteiger partial charge in [-0.15, -0.1) is 0 Å². The van der Waals surface area contributed by atoms with Gasteiger partial charge >= 0.3 is 5.97 Å². The summed E-state index contributed by atoms with van der Waals surface area (Å²) in [6.07, 6.45) is 1.10. The maximum Gasteiger partial charge on any atom is 0.320 e. The van der Waals surface area contributed by atoms with Gasteiger partial charge in [-0.05, 0) is 64.7 Å². The summed E-state index contributed by atoms with van der Waals surface area (Å²) in [5, 5.41) is 11.6. The molecule has 0 aliphatic carbocycles. The first-order chi connectivity index (χ1) is 18.5. The molecule has 1 atom stereocenters. The van der Waals surface area contributed by atoms with Crippen LogP contribution in [0.2, 0.25) is 10.0 Å². The van der Waals surface area contributed by atoms with Crippen molar-refractivity contribution in [1.29, 1.82) is 0 Å². The van der Waals surface area contributed by atoms with Crippen molar-refractivity contribution in [1.82, 2.24) is 0 Å². The predicted octanol–water partition coefficient (Wildman–Crippen LogP) is 5.63. The van der Waals surface area contributed by atoms with E-state index >= 15 is 0 Å². The van der Waals surface area contributed by atoms with Crippen molar-refractivity contribution in [2.75, 3.05) is 11.0 Å². The molecule has 0 amide bonds. The van der Waals surface area contributed by atoms with Crippen LogP contribution in [-0.2, 0) is 34.5 Å². The number of halogens is 2. The van der Waals surface area contributed by atoms with Crippen LogP contribution in [0.25, 0.3) is 10.8 Å². The van der Waals surface area contributed by atoms with Gasteiger partial charge in [0.1, 0.15) is 25.0 Å². The van der Waals surface area contributed by atoms with Crippen LogP contribution in [0.3, 0.4) is 0 Å². The van der Waals surface area contributed by atoms with E-state index in [0.29, 0.717) is 22.6 Å². The van der Waals surface area contributed by atoms with Gasteiger partial charge in [0.15, 0.2) is 5.75 Å². The average Bonchev–Trinajstić information content (AvgIpc) is 2.86. The molecule has 8 nitrogen and oxygen atoms in total. The number of carboxylic acids is 1. The average molecular weight is 589 g/mol. The summed E-state index contributed by atoms with van der Waals surface area (Å²) in [5.74, 6) is -0.465. The van der Waals surface area contributed by atoms with Crippen LogP contribution >= 0.6 is 23.2 Å². The van der Waals surface area contributed by atoms with Crippen LogP contribution < -0.4 is 19.9 Å². The molecule has 0 saturated heterocycles. The molecule has 0 spiro atoms. The van der Waals surface area contributed by atoms with E-state index in [1.165, 1.54) is 0 Å². The van der Waals surface area contributed by atoms with E-state index in [4.69, 9.17) is 43.5 Å². The summed E-state index contributed by atoms with van der Waals surface area (Å²) >= 11 is 12.8. The molecular formula is C28H26Cl2N2O6S. The van der Waals surface area contributed by atoms with Crippen LogP contribution in [-0.4, -0.2) is 31.8 Å². The Bertz CT molecular complexity index is 1600. The molecule has 0 saturated carbocycles. The Balaban J connectivity index is 1.56. The first-order valence-corrected chi connectivity index (χ1v) is 14.4. The molecule has 0 bridgehead atoms. The molecule has 4 N–H and O–H groups in total. The molecule has 4 aromatic carbocycles. The minimum atomic E-state index is -3.51. The first-order valence-electron chi connectivity index (χ1n) is 11.8. The van der Waals surface area contributed by atoms with Crippen molar-refractivity contribution in [3.8, 4) is 11.5 Å². The van der Waals surface area contributed by atoms with Crippen LogP contribution in [0, 0.1) is 0 Å². The predicted molar refractivity (Wildman–Crippen MR) is 153 cm³/mol. The van der Waals surface area contributed by atoms with Crippen LogP contribution in [0.5, 0.6) is 11.5 Å². The van der Waals surface area contributed by atoms with Gasteiger partial charge in [-0.25, -0.2) is 8.42 Å². The van der Waals surface area contributed by atoms with E-state index in [1.807, 2.05) is 42.5 Å². The van der Waals surface area contributed by atoms with Gasteiger partial charge in [0.05, 0.1) is 16.3 Å². The number of rotatable bonds is 11. The number of sulfonamides is 1. The second-order valence-electron chi connectivity index (χ2n) is 8.99. The summed E-state index contributed by atoms with van der Waals surface area (Å²) in [5.41, 5.74) is 8.01. The largest absolute Gasteiger partial charge is 0.488 e. The fraction of sp³-hybridized carbons (Fsp3) is 0.179. The topological polar surface area (TPSA) is 128 Å². The van der Waals surface area contributed by atoms with Crippen molar-refractivity contribution in [2.24, 2.45) is 5.73 Å². The number of ether oxygens (including phenoxy) is 2. The minimum absolute atomic E-state index is 0.0419. The second-order valence-corrected chi connectivity index (χ2v) is 11.6. The van der Waals surface area contributed by atoms with E-state index in [9.17, 15) is 13.2 Å². The maximum absolute atomic E-state index is 11.8. The Labute approximate surface area is 236 Å². The highest BCUT2D eigenvalue weighted by molar-refractivity contribution is 7.92. The lowest BCUT2D eigenvalue weighted by Gasteiger charge is -2.17. The lowest BCUT2D eigenvalue weighted by Crippen LogP contribution is -2.32. The van der Waals surface area contributed by atoms with E-state index in [-0.39, 0.29) is 35.4 Å². The number of carboxylic acid groups (broad SMARTS) is 1. The zero-order valence-corrected chi connectivity index (χ0v) is 23.2. The minimum Gasteiger partial charge on any atom is -0.488 e. The fourth-order valence-electron chi connectivity index (χ4n) is 3.96. The highest BCUT2D eigenvalue weighted by atomic mass is 35.5. The van der Waals surface area contributed by atoms with E-state index < -0.39 is 22.0 Å². The van der Waals surface area contributed by atoms with E-state index in [1.54, 1.807) is 30.3 Å². The molecule has 39 heavy (non-hydrogen) atoms. The lowest BCUT2D eigenvalue weighted by atomic mass is 10.1. The SMILES string of the molecule is CS(=O)(=O)Nc1ccc(OCc2ccc3ccccc3c2)c(COc2c(Cl)cc(C[C@H](N)C(=O)O)cc2Cl)c1. The molecule has 0 aromatic heterocycles. The number of hydrogen-bond donors (Lipinski definition) is 3. The Morgan fingerprint density at radius 2 is 1.62 bits per heavy atom. The summed E-state index contributed by atoms with van der Waals surface area (Å²) in [6.45, 7) is 0.233. The quantitative estimate of drug-likeness (QED) is 0.207. The molecule has 11 heteroatoms. The number of nitrogens with two attached hydrogens (primary N) is 1. The van der Waals surface area contributed by atoms with Gasteiger partial charge < -0.3 is 20.3 Å². The van der Waals surface area contributed by atoms with Crippen LogP contribution in [0.15, 0.2) is 72.8 Å². The van der Waals surface area contributed by atoms with Gasteiger partial charge in [-0.2, -0.15) is 0 Å². The highest BCUT2D eigenvalue weighted by Crippen LogP contribution is 2.36. The Hall–Kier alpha value is -3.50. The Morgan fingerprint density at radius 3 is 2.28 bits per heavy atom. The molecular weight excluding hydrogens is 563 g/mol. The van der Waals surface area contributed by atoms with Crippen molar-refractivity contribution in [3.05, 3.63) is 99.5 Å². The molecule has 0 unspecified atom stereocenters. The number of anilines is 1. The summed E-state index contributed by atoms with van der Waals surface area (Å²) < 4.78 is 38.0. The number of carbonyl (C=O) groups is 1. The number of aliphatic carboxylic acids is 1. The third-order valence-electron chi connectivity index (χ3n) is 5.77. The molecule has 0 heterocycles. The number of hydrogen-bond acceptors (Lipinski definition) is 6. The van der Waals surface area contributed by atoms with Gasteiger partial charge in [-0.1, -0.05) is 59.6 Å². The fourth-order valence-corrected chi connectivity index (χ4v) is 5.16. The lowest BCUT2D eigenvalue weighted by molar-refractivity contribution is -0.138. The summed E-state index contributed by atoms with van der Waals surface area (Å²) in [6, 6.07) is 20.9. The third kappa shape index (κ3) is 7.77. The standard InChI is InChI=1S/C28H26Cl2N2O6S/c1-39(35,36)32-22-8-9-26(37-15-17-6-7-19-4-2-3-5-20(19)10-17)21(14-22)16-38-27-23(29)11-18(12-24(27)30)13-25(31)28(33)34/h2-12,14,25,32H,13,15-16,31H2,1H3,(H,33,34)/t25-/m0/s1. The first kappa shape index (κ1) is 28.5. The van der Waals surface area contributed by atoms with Gasteiger partial charge in [-0.3, -0.25) is 9.52 Å². The van der Waals surface area contributed by atoms with Crippen molar-refractivity contribution < 1.29 is 27.8 Å². The second kappa shape index (κ2) is 12.1. The van der Waals surface area contributed by atoms with Crippen molar-refractivity contribution in [3.63, 3.8) is 0 Å². The summed E-state index contributed by atoms with van der Waals surface area (Å²) in [4.78, 5) is 11.1. The summed E-state index contributed by atoms with van der Waals surface area (Å²) in [7, 11) is -3.51. The monoisotopic (exact) mass is 588 g/mol. The van der Waals surface area contributed by atoms with Gasteiger partial charge in [0, 0.05) is 11.3 Å². The Kier molecular flexibility index (Phi) is 8.87. The number of fused-ring (bicyclic) bond motifs is 1. The third-order valence-corrected chi connectivity index (χ3v) is 6.94. The zero-order valence-electron chi connectivity index (χ0n) is 20.9. The smallest absolute Gasteiger partial charge is 0.320 e. The molecule has 0 aliphatic rings. The van der Waals surface area contributed by atoms with Crippen molar-refractivity contribution >= 4 is 55.7 Å². The van der Waals surface area contributed by atoms with E-state index in [0.717, 1.165) is 22.6 Å². The van der Waals surface area contributed by atoms with Gasteiger partial charge in [0.25, 0.3) is 0 Å². The molecule has 0 radical (unpaired) electrons. The number of benzene rings is 4. The van der Waals surface area contributed by atoms with Crippen LogP contribution in [0.1, 0.15) is 16.7 Å². The van der Waals surface area contributed by atoms with Crippen molar-refractivity contribution in [2.45, 2.75) is 25.7 Å². The zero-order chi connectivity index (χ0) is 28.2. The molecule has 204 valence electrons. The molecule has 4 aromatic rings. The van der Waals surface area contributed by atoms with Gasteiger partial charge in [0.2, 0.25) is 10.0 Å². The maximum atomic E-state index is 11.8. The number of nitrogens with one attached hydrogen (secondary N) is 1. The van der Waals surface area contributed by atoms with E-state index in [2.05, 4.69) is 4.72 Å². The molecule has 4 rings (SSSR count). The normalized spacial score (nSPS) is 12.2.